The molecule has 9 nitrogen and oxygen atoms in total. The van der Waals surface area contributed by atoms with Gasteiger partial charge in [-0.05, 0) is 18.9 Å². The molecule has 2 unspecified atom stereocenters. The largest absolute Gasteiger partial charge is 0.477 e. The number of amides is 1. The van der Waals surface area contributed by atoms with Crippen molar-refractivity contribution < 1.29 is 19.8 Å². The number of aliphatic hydroxyl groups is 1. The summed E-state index contributed by atoms with van der Waals surface area (Å²) >= 11 is 0. The van der Waals surface area contributed by atoms with Gasteiger partial charge in [-0.15, -0.1) is 0 Å². The third-order valence-corrected chi connectivity index (χ3v) is 5.54. The molecule has 138 valence electrons. The number of nitrogens with two attached hydrogens (primary N) is 1. The van der Waals surface area contributed by atoms with Gasteiger partial charge in [0.25, 0.3) is 0 Å². The number of nitrogens with zero attached hydrogens (tertiary/aromatic N) is 2. The van der Waals surface area contributed by atoms with E-state index in [9.17, 15) is 19.8 Å². The van der Waals surface area contributed by atoms with Gasteiger partial charge in [0, 0.05) is 31.6 Å². The fourth-order valence-electron chi connectivity index (χ4n) is 4.41. The number of hydrogen-bond donors (Lipinski definition) is 5. The summed E-state index contributed by atoms with van der Waals surface area (Å²) in [6.45, 7) is 5.40. The highest BCUT2D eigenvalue weighted by Gasteiger charge is 2.59. The monoisotopic (exact) mass is 351 g/mol. The van der Waals surface area contributed by atoms with E-state index >= 15 is 0 Å². The summed E-state index contributed by atoms with van der Waals surface area (Å²) in [5.41, 5.74) is 6.17. The van der Waals surface area contributed by atoms with Crippen molar-refractivity contribution in [1.82, 2.24) is 15.1 Å². The number of carboxylic acids is 1. The quantitative estimate of drug-likeness (QED) is 0.236. The Bertz CT molecular complexity index is 646. The van der Waals surface area contributed by atoms with Gasteiger partial charge < -0.3 is 26.2 Å². The van der Waals surface area contributed by atoms with Gasteiger partial charge in [0.05, 0.1) is 18.1 Å². The molecule has 2 saturated heterocycles. The molecule has 3 heterocycles. The molecule has 0 aromatic carbocycles. The zero-order valence-corrected chi connectivity index (χ0v) is 14.4. The first-order valence-electron chi connectivity index (χ1n) is 8.52. The summed E-state index contributed by atoms with van der Waals surface area (Å²) in [5.74, 6) is -2.12. The number of aliphatic hydroxyl groups excluding tert-OH is 1. The number of rotatable bonds is 5. The Morgan fingerprint density at radius 2 is 2.20 bits per heavy atom. The Kier molecular flexibility index (Phi) is 4.46. The molecule has 0 spiro atoms. The second-order valence-corrected chi connectivity index (χ2v) is 7.21. The minimum atomic E-state index is -1.10. The SMILES string of the molecule is C[C@@H](O)C1C(=O)N2C(C(=O)O)=C(CN3CC[C@@H](NC(=N)N)C3)[C@H](C)C12. The predicted molar refractivity (Wildman–Crippen MR) is 89.5 cm³/mol. The Morgan fingerprint density at radius 3 is 2.76 bits per heavy atom. The average molecular weight is 351 g/mol. The number of hydrogen-bond acceptors (Lipinski definition) is 5. The summed E-state index contributed by atoms with van der Waals surface area (Å²) in [7, 11) is 0. The van der Waals surface area contributed by atoms with Gasteiger partial charge in [-0.3, -0.25) is 15.1 Å². The molecule has 5 atom stereocenters. The number of carbonyl (C=O) groups excluding carboxylic acids is 1. The van der Waals surface area contributed by atoms with E-state index in [0.29, 0.717) is 13.1 Å². The number of likely N-dealkylation sites (tertiary alicyclic amines) is 1. The fourth-order valence-corrected chi connectivity index (χ4v) is 4.41. The van der Waals surface area contributed by atoms with E-state index < -0.39 is 18.0 Å². The van der Waals surface area contributed by atoms with Crippen LogP contribution in [0.5, 0.6) is 0 Å². The van der Waals surface area contributed by atoms with Gasteiger partial charge >= 0.3 is 5.97 Å². The molecule has 0 aliphatic carbocycles. The summed E-state index contributed by atoms with van der Waals surface area (Å²) in [4.78, 5) is 27.5. The van der Waals surface area contributed by atoms with Crippen LogP contribution in [0, 0.1) is 17.2 Å². The Morgan fingerprint density at radius 1 is 1.52 bits per heavy atom. The summed E-state index contributed by atoms with van der Waals surface area (Å²) < 4.78 is 0. The molecule has 6 N–H and O–H groups in total. The fraction of sp³-hybridized carbons (Fsp3) is 0.688. The van der Waals surface area contributed by atoms with Crippen molar-refractivity contribution in [3.8, 4) is 0 Å². The minimum absolute atomic E-state index is 0.0685. The molecule has 3 rings (SSSR count). The third kappa shape index (κ3) is 2.87. The second-order valence-electron chi connectivity index (χ2n) is 7.21. The van der Waals surface area contributed by atoms with Crippen LogP contribution in [-0.4, -0.2) is 75.7 Å². The number of carbonyl (C=O) groups is 2. The molecule has 3 aliphatic rings. The number of nitrogens with one attached hydrogen (secondary N) is 2. The van der Waals surface area contributed by atoms with E-state index in [2.05, 4.69) is 10.2 Å². The third-order valence-electron chi connectivity index (χ3n) is 5.54. The van der Waals surface area contributed by atoms with Crippen molar-refractivity contribution >= 4 is 17.8 Å². The van der Waals surface area contributed by atoms with Crippen LogP contribution in [0.1, 0.15) is 20.3 Å². The van der Waals surface area contributed by atoms with E-state index in [4.69, 9.17) is 11.1 Å². The standard InChI is InChI=1S/C16H25N5O4/c1-7-10(6-20-4-3-9(5-20)19-16(17)18)13(15(24)25)21-12(7)11(8(2)22)14(21)23/h7-9,11-12,22H,3-6H2,1-2H3,(H,24,25)(H4,17,18,19)/t7-,8+,9+,11?,12?/m0/s1. The highest BCUT2D eigenvalue weighted by molar-refractivity contribution is 6.00. The van der Waals surface area contributed by atoms with Gasteiger partial charge in [-0.2, -0.15) is 0 Å². The lowest BCUT2D eigenvalue weighted by Gasteiger charge is -2.46. The molecule has 0 aromatic rings. The lowest BCUT2D eigenvalue weighted by Crippen LogP contribution is -2.63. The second kappa shape index (κ2) is 6.30. The molecule has 0 saturated carbocycles. The van der Waals surface area contributed by atoms with Crippen LogP contribution in [0.3, 0.4) is 0 Å². The lowest BCUT2D eigenvalue weighted by molar-refractivity contribution is -0.163. The van der Waals surface area contributed by atoms with Crippen molar-refractivity contribution in [3.05, 3.63) is 11.3 Å². The average Bonchev–Trinajstić information content (AvgIpc) is 3.01. The molecule has 25 heavy (non-hydrogen) atoms. The van der Waals surface area contributed by atoms with Gasteiger partial charge in [0.15, 0.2) is 5.96 Å². The number of fused-ring (bicyclic) bond motifs is 1. The van der Waals surface area contributed by atoms with Crippen molar-refractivity contribution in [1.29, 1.82) is 5.41 Å². The van der Waals surface area contributed by atoms with Gasteiger partial charge in [0.1, 0.15) is 5.70 Å². The number of carboxylic acid groups (broad SMARTS) is 1. The summed E-state index contributed by atoms with van der Waals surface area (Å²) in [5, 5.41) is 29.7. The van der Waals surface area contributed by atoms with Crippen LogP contribution in [0.25, 0.3) is 0 Å². The highest BCUT2D eigenvalue weighted by Crippen LogP contribution is 2.47. The van der Waals surface area contributed by atoms with Crippen LogP contribution in [0.4, 0.5) is 0 Å². The van der Waals surface area contributed by atoms with Crippen molar-refractivity contribution in [3.63, 3.8) is 0 Å². The maximum absolute atomic E-state index is 12.3. The van der Waals surface area contributed by atoms with Crippen LogP contribution in [0.15, 0.2) is 11.3 Å². The van der Waals surface area contributed by atoms with Gasteiger partial charge in [-0.1, -0.05) is 6.92 Å². The molecule has 2 fully saturated rings. The zero-order chi connectivity index (χ0) is 18.5. The molecular formula is C16H25N5O4. The first-order chi connectivity index (χ1) is 11.7. The Labute approximate surface area is 146 Å². The molecule has 9 heteroatoms. The predicted octanol–water partition coefficient (Wildman–Crippen LogP) is -1.26. The van der Waals surface area contributed by atoms with Crippen LogP contribution >= 0.6 is 0 Å². The van der Waals surface area contributed by atoms with Gasteiger partial charge in [0.2, 0.25) is 5.91 Å². The number of guanidine groups is 1. The molecular weight excluding hydrogens is 326 g/mol. The first-order valence-corrected chi connectivity index (χ1v) is 8.52. The van der Waals surface area contributed by atoms with Gasteiger partial charge in [-0.25, -0.2) is 4.79 Å². The van der Waals surface area contributed by atoms with E-state index in [1.165, 1.54) is 4.90 Å². The van der Waals surface area contributed by atoms with Crippen LogP contribution in [-0.2, 0) is 9.59 Å². The zero-order valence-electron chi connectivity index (χ0n) is 14.4. The Balaban J connectivity index is 1.77. The first kappa shape index (κ1) is 17.7. The number of aliphatic carboxylic acids is 1. The van der Waals surface area contributed by atoms with Crippen molar-refractivity contribution in [2.75, 3.05) is 19.6 Å². The normalized spacial score (nSPS) is 33.2. The molecule has 1 amide bonds. The molecule has 0 aromatic heterocycles. The smallest absolute Gasteiger partial charge is 0.352 e. The Hall–Kier alpha value is -2.13. The van der Waals surface area contributed by atoms with Crippen molar-refractivity contribution in [2.24, 2.45) is 17.6 Å². The summed E-state index contributed by atoms with van der Waals surface area (Å²) in [6.07, 6.45) is 0.0352. The topological polar surface area (TPSA) is 143 Å². The number of β-lactam (4-membered cyclic amide) rings is 1. The van der Waals surface area contributed by atoms with E-state index in [1.54, 1.807) is 6.92 Å². The van der Waals surface area contributed by atoms with E-state index in [1.807, 2.05) is 6.92 Å². The van der Waals surface area contributed by atoms with Crippen LogP contribution < -0.4 is 11.1 Å². The maximum Gasteiger partial charge on any atom is 0.352 e. The van der Waals surface area contributed by atoms with Crippen molar-refractivity contribution in [2.45, 2.75) is 38.5 Å². The van der Waals surface area contributed by atoms with E-state index in [0.717, 1.165) is 18.5 Å². The molecule has 0 radical (unpaired) electrons. The lowest BCUT2D eigenvalue weighted by atomic mass is 9.77. The summed E-state index contributed by atoms with van der Waals surface area (Å²) in [6, 6.07) is -0.200. The van der Waals surface area contributed by atoms with E-state index in [-0.39, 0.29) is 35.6 Å². The molecule has 3 aliphatic heterocycles. The minimum Gasteiger partial charge on any atom is -0.477 e. The van der Waals surface area contributed by atoms with Crippen LogP contribution in [0.2, 0.25) is 0 Å². The highest BCUT2D eigenvalue weighted by atomic mass is 16.4. The molecule has 0 bridgehead atoms. The maximum atomic E-state index is 12.3.